The van der Waals surface area contributed by atoms with Crippen LogP contribution in [0.3, 0.4) is 0 Å². The number of benzene rings is 2. The van der Waals surface area contributed by atoms with Gasteiger partial charge in [-0.15, -0.1) is 0 Å². The lowest BCUT2D eigenvalue weighted by Gasteiger charge is -2.15. The summed E-state index contributed by atoms with van der Waals surface area (Å²) >= 11 is 0. The van der Waals surface area contributed by atoms with Gasteiger partial charge in [0.15, 0.2) is 0 Å². The molecule has 2 aromatic carbocycles. The molecule has 172 valence electrons. The Bertz CT molecular complexity index is 1220. The summed E-state index contributed by atoms with van der Waals surface area (Å²) in [6, 6.07) is 16.7. The fourth-order valence-electron chi connectivity index (χ4n) is 3.68. The lowest BCUT2D eigenvalue weighted by Crippen LogP contribution is -2.29. The zero-order chi connectivity index (χ0) is 23.3. The van der Waals surface area contributed by atoms with E-state index in [9.17, 15) is 18.0 Å². The molecule has 0 radical (unpaired) electrons. The number of nitrogens with one attached hydrogen (secondary N) is 2. The standard InChI is InChI=1S/C24H25N3O5S/c28-23(19-11-9-18(10-12-19)17-33(30,31)27-13-3-4-14-27)26-22-8-2-1-7-21(22)24(29)25-16-20-6-5-15-32-20/h1-2,5-12,15H,3-4,13-14,16-17H2,(H,25,29)(H,26,28). The highest BCUT2D eigenvalue weighted by atomic mass is 32.2. The molecule has 0 unspecified atom stereocenters. The normalized spacial score (nSPS) is 14.2. The maximum Gasteiger partial charge on any atom is 0.255 e. The molecule has 2 amide bonds. The molecular formula is C24H25N3O5S. The molecule has 33 heavy (non-hydrogen) atoms. The van der Waals surface area contributed by atoms with Crippen molar-refractivity contribution in [2.45, 2.75) is 25.1 Å². The maximum atomic E-state index is 12.8. The molecule has 0 saturated carbocycles. The van der Waals surface area contributed by atoms with Crippen molar-refractivity contribution >= 4 is 27.5 Å². The summed E-state index contributed by atoms with van der Waals surface area (Å²) in [5.74, 6) is -0.204. The van der Waals surface area contributed by atoms with Crippen LogP contribution < -0.4 is 10.6 Å². The number of amides is 2. The van der Waals surface area contributed by atoms with Gasteiger partial charge in [0.25, 0.3) is 11.8 Å². The van der Waals surface area contributed by atoms with Crippen molar-refractivity contribution in [2.24, 2.45) is 0 Å². The average molecular weight is 468 g/mol. The monoisotopic (exact) mass is 467 g/mol. The predicted octanol–water partition coefficient (Wildman–Crippen LogP) is 3.39. The summed E-state index contributed by atoms with van der Waals surface area (Å²) in [6.45, 7) is 1.37. The van der Waals surface area contributed by atoms with Crippen LogP contribution in [-0.2, 0) is 22.3 Å². The Morgan fingerprint density at radius 3 is 2.33 bits per heavy atom. The van der Waals surface area contributed by atoms with Gasteiger partial charge in [-0.3, -0.25) is 9.59 Å². The Morgan fingerprint density at radius 2 is 1.64 bits per heavy atom. The quantitative estimate of drug-likeness (QED) is 0.528. The Labute approximate surface area is 192 Å². The Morgan fingerprint density at radius 1 is 0.909 bits per heavy atom. The second kappa shape index (κ2) is 10.0. The Kier molecular flexibility index (Phi) is 6.90. The number of sulfonamides is 1. The van der Waals surface area contributed by atoms with Gasteiger partial charge in [0.2, 0.25) is 10.0 Å². The van der Waals surface area contributed by atoms with E-state index in [1.807, 2.05) is 0 Å². The molecule has 1 aliphatic heterocycles. The lowest BCUT2D eigenvalue weighted by molar-refractivity contribution is 0.0949. The fraction of sp³-hybridized carbons (Fsp3) is 0.250. The van der Waals surface area contributed by atoms with Crippen LogP contribution in [0, 0.1) is 0 Å². The van der Waals surface area contributed by atoms with Crippen LogP contribution in [0.5, 0.6) is 0 Å². The molecule has 1 aliphatic rings. The summed E-state index contributed by atoms with van der Waals surface area (Å²) < 4.78 is 31.7. The zero-order valence-electron chi connectivity index (χ0n) is 18.0. The molecule has 0 atom stereocenters. The third-order valence-electron chi connectivity index (χ3n) is 5.45. The number of para-hydroxylation sites is 1. The molecule has 8 nitrogen and oxygen atoms in total. The highest BCUT2D eigenvalue weighted by Crippen LogP contribution is 2.19. The molecule has 1 saturated heterocycles. The minimum Gasteiger partial charge on any atom is -0.467 e. The van der Waals surface area contributed by atoms with Crippen molar-refractivity contribution in [3.63, 3.8) is 0 Å². The van der Waals surface area contributed by atoms with Crippen molar-refractivity contribution in [2.75, 3.05) is 18.4 Å². The first kappa shape index (κ1) is 22.8. The number of anilines is 1. The van der Waals surface area contributed by atoms with E-state index < -0.39 is 15.9 Å². The first-order valence-electron chi connectivity index (χ1n) is 10.7. The van der Waals surface area contributed by atoms with Crippen molar-refractivity contribution < 1.29 is 22.4 Å². The van der Waals surface area contributed by atoms with Crippen LogP contribution in [0.25, 0.3) is 0 Å². The topological polar surface area (TPSA) is 109 Å². The van der Waals surface area contributed by atoms with Gasteiger partial charge in [0.1, 0.15) is 5.76 Å². The van der Waals surface area contributed by atoms with Gasteiger partial charge in [-0.2, -0.15) is 0 Å². The first-order valence-corrected chi connectivity index (χ1v) is 12.3. The van der Waals surface area contributed by atoms with E-state index in [2.05, 4.69) is 10.6 Å². The summed E-state index contributed by atoms with van der Waals surface area (Å²) in [6.07, 6.45) is 3.31. The molecule has 2 N–H and O–H groups in total. The zero-order valence-corrected chi connectivity index (χ0v) is 18.8. The van der Waals surface area contributed by atoms with Gasteiger partial charge in [-0.1, -0.05) is 24.3 Å². The molecule has 1 fully saturated rings. The van der Waals surface area contributed by atoms with Gasteiger partial charge in [-0.25, -0.2) is 12.7 Å². The van der Waals surface area contributed by atoms with E-state index in [4.69, 9.17) is 4.42 Å². The third-order valence-corrected chi connectivity index (χ3v) is 7.30. The average Bonchev–Trinajstić information content (AvgIpc) is 3.53. The number of hydrogen-bond acceptors (Lipinski definition) is 5. The SMILES string of the molecule is O=C(Nc1ccccc1C(=O)NCc1ccco1)c1ccc(CS(=O)(=O)N2CCCC2)cc1. The van der Waals surface area contributed by atoms with Crippen LogP contribution in [0.2, 0.25) is 0 Å². The van der Waals surface area contributed by atoms with Gasteiger partial charge in [0.05, 0.1) is 29.8 Å². The second-order valence-electron chi connectivity index (χ2n) is 7.82. The van der Waals surface area contributed by atoms with E-state index in [0.717, 1.165) is 12.8 Å². The highest BCUT2D eigenvalue weighted by molar-refractivity contribution is 7.88. The van der Waals surface area contributed by atoms with Crippen LogP contribution in [-0.4, -0.2) is 37.6 Å². The van der Waals surface area contributed by atoms with Gasteiger partial charge in [-0.05, 0) is 54.8 Å². The minimum absolute atomic E-state index is 0.0897. The van der Waals surface area contributed by atoms with Crippen molar-refractivity contribution in [3.05, 3.63) is 89.4 Å². The number of furan rings is 1. The second-order valence-corrected chi connectivity index (χ2v) is 9.79. The molecule has 2 heterocycles. The van der Waals surface area contributed by atoms with Crippen molar-refractivity contribution in [1.29, 1.82) is 0 Å². The van der Waals surface area contributed by atoms with Gasteiger partial charge >= 0.3 is 0 Å². The number of carbonyl (C=O) groups is 2. The molecule has 9 heteroatoms. The predicted molar refractivity (Wildman–Crippen MR) is 124 cm³/mol. The molecular weight excluding hydrogens is 442 g/mol. The number of carbonyl (C=O) groups excluding carboxylic acids is 2. The fourth-order valence-corrected chi connectivity index (χ4v) is 5.29. The van der Waals surface area contributed by atoms with Gasteiger partial charge < -0.3 is 15.1 Å². The smallest absolute Gasteiger partial charge is 0.255 e. The highest BCUT2D eigenvalue weighted by Gasteiger charge is 2.25. The molecule has 0 bridgehead atoms. The van der Waals surface area contributed by atoms with Crippen molar-refractivity contribution in [1.82, 2.24) is 9.62 Å². The Hall–Kier alpha value is -3.43. The van der Waals surface area contributed by atoms with Crippen molar-refractivity contribution in [3.8, 4) is 0 Å². The minimum atomic E-state index is -3.35. The first-order chi connectivity index (χ1) is 15.9. The van der Waals surface area contributed by atoms with Gasteiger partial charge in [0, 0.05) is 18.7 Å². The Balaban J connectivity index is 1.40. The molecule has 4 rings (SSSR count). The van der Waals surface area contributed by atoms with E-state index in [-0.39, 0.29) is 18.2 Å². The summed E-state index contributed by atoms with van der Waals surface area (Å²) in [4.78, 5) is 25.4. The summed E-state index contributed by atoms with van der Waals surface area (Å²) in [5, 5.41) is 5.53. The number of hydrogen-bond donors (Lipinski definition) is 2. The van der Waals surface area contributed by atoms with Crippen LogP contribution >= 0.6 is 0 Å². The molecule has 0 spiro atoms. The summed E-state index contributed by atoms with van der Waals surface area (Å²) in [7, 11) is -3.35. The lowest BCUT2D eigenvalue weighted by atomic mass is 10.1. The maximum absolute atomic E-state index is 12.8. The molecule has 1 aromatic heterocycles. The van der Waals surface area contributed by atoms with E-state index in [1.54, 1.807) is 60.7 Å². The number of nitrogens with zero attached hydrogens (tertiary/aromatic N) is 1. The van der Waals surface area contributed by atoms with Crippen LogP contribution in [0.15, 0.2) is 71.3 Å². The molecule has 3 aromatic rings. The molecule has 0 aliphatic carbocycles. The third kappa shape index (κ3) is 5.68. The van der Waals surface area contributed by atoms with Crippen LogP contribution in [0.4, 0.5) is 5.69 Å². The van der Waals surface area contributed by atoms with E-state index in [1.165, 1.54) is 10.6 Å². The number of rotatable bonds is 8. The largest absolute Gasteiger partial charge is 0.467 e. The van der Waals surface area contributed by atoms with E-state index in [0.29, 0.717) is 41.2 Å². The van der Waals surface area contributed by atoms with Crippen LogP contribution in [0.1, 0.15) is 44.9 Å². The summed E-state index contributed by atoms with van der Waals surface area (Å²) in [5.41, 5.74) is 1.69. The van der Waals surface area contributed by atoms with E-state index >= 15 is 0 Å².